The number of ether oxygens (including phenoxy) is 1. The molecular formula is C27H30N4O5. The van der Waals surface area contributed by atoms with Crippen molar-refractivity contribution in [3.05, 3.63) is 69.9 Å². The van der Waals surface area contributed by atoms with Gasteiger partial charge in [-0.3, -0.25) is 19.4 Å². The fourth-order valence-electron chi connectivity index (χ4n) is 6.46. The standard InChI is InChI=1S/C27H30N4O5/c32-16-20-22-15-30-21(6-5-19(26(30)34)17-3-1-2-4-17)24(23(20)27(35)29-11-13-36-14-12-29)31(22)25(33)18-7-9-28-10-8-18/h3,5-10,20,22-24,32H,1-2,4,11-16H2/t20-,22-,23+,24+/m1/s1. The number of rotatable bonds is 4. The molecule has 2 bridgehead atoms. The number of carbonyl (C=O) groups excluding carboxylic acids is 2. The Morgan fingerprint density at radius 3 is 2.58 bits per heavy atom. The first-order chi connectivity index (χ1) is 17.6. The molecule has 2 aromatic rings. The topological polar surface area (TPSA) is 105 Å². The van der Waals surface area contributed by atoms with Crippen LogP contribution in [0.3, 0.4) is 0 Å². The van der Waals surface area contributed by atoms with Crippen LogP contribution in [0, 0.1) is 11.8 Å². The van der Waals surface area contributed by atoms with Crippen molar-refractivity contribution in [1.82, 2.24) is 19.4 Å². The molecule has 9 nitrogen and oxygen atoms in total. The Bertz CT molecular complexity index is 1270. The van der Waals surface area contributed by atoms with Gasteiger partial charge in [0, 0.05) is 61.4 Å². The summed E-state index contributed by atoms with van der Waals surface area (Å²) in [6, 6.07) is 5.95. The highest BCUT2D eigenvalue weighted by molar-refractivity contribution is 5.96. The van der Waals surface area contributed by atoms with Crippen molar-refractivity contribution in [3.8, 4) is 0 Å². The molecule has 3 aliphatic heterocycles. The summed E-state index contributed by atoms with van der Waals surface area (Å²) in [5, 5.41) is 10.5. The Balaban J connectivity index is 1.48. The van der Waals surface area contributed by atoms with E-state index in [0.717, 1.165) is 24.8 Å². The van der Waals surface area contributed by atoms with Crippen LogP contribution in [-0.2, 0) is 16.1 Å². The second-order valence-corrected chi connectivity index (χ2v) is 9.98. The van der Waals surface area contributed by atoms with Gasteiger partial charge in [0.2, 0.25) is 5.91 Å². The Labute approximate surface area is 209 Å². The molecule has 0 unspecified atom stereocenters. The molecule has 9 heteroatoms. The summed E-state index contributed by atoms with van der Waals surface area (Å²) in [7, 11) is 0. The number of amides is 2. The van der Waals surface area contributed by atoms with Gasteiger partial charge in [0.05, 0.1) is 31.2 Å². The zero-order valence-corrected chi connectivity index (χ0v) is 20.1. The van der Waals surface area contributed by atoms with E-state index in [2.05, 4.69) is 11.1 Å². The maximum absolute atomic E-state index is 13.9. The van der Waals surface area contributed by atoms with Crippen LogP contribution in [0.1, 0.15) is 46.9 Å². The molecule has 2 amide bonds. The molecule has 0 aromatic carbocycles. The van der Waals surface area contributed by atoms with Crippen molar-refractivity contribution in [2.45, 2.75) is 37.9 Å². The molecule has 0 spiro atoms. The van der Waals surface area contributed by atoms with Crippen molar-refractivity contribution in [2.24, 2.45) is 11.8 Å². The number of morpholine rings is 1. The lowest BCUT2D eigenvalue weighted by atomic mass is 9.86. The average molecular weight is 491 g/mol. The summed E-state index contributed by atoms with van der Waals surface area (Å²) in [6.45, 7) is 1.88. The number of hydrogen-bond donors (Lipinski definition) is 1. The number of allylic oxidation sites excluding steroid dienone is 2. The fraction of sp³-hybridized carbons (Fsp3) is 0.481. The SMILES string of the molecule is O=C([C@H]1[C@H](CO)[C@H]2Cn3c(ccc(C4=CCCC4)c3=O)[C@@H]1N2C(=O)c1ccncc1)N1CCOCC1. The Morgan fingerprint density at radius 1 is 1.11 bits per heavy atom. The van der Waals surface area contributed by atoms with Crippen LogP contribution < -0.4 is 5.56 Å². The van der Waals surface area contributed by atoms with E-state index in [1.54, 1.807) is 38.9 Å². The van der Waals surface area contributed by atoms with E-state index in [1.807, 2.05) is 12.1 Å². The molecule has 4 aliphatic rings. The van der Waals surface area contributed by atoms with Crippen molar-refractivity contribution in [3.63, 3.8) is 0 Å². The molecule has 0 saturated carbocycles. The van der Waals surface area contributed by atoms with Crippen LogP contribution in [0.2, 0.25) is 0 Å². The van der Waals surface area contributed by atoms with Crippen LogP contribution in [0.25, 0.3) is 5.57 Å². The maximum atomic E-state index is 13.9. The second kappa shape index (κ2) is 9.29. The van der Waals surface area contributed by atoms with Gasteiger partial charge in [-0.15, -0.1) is 0 Å². The van der Waals surface area contributed by atoms with Crippen LogP contribution >= 0.6 is 0 Å². The summed E-state index contributed by atoms with van der Waals surface area (Å²) in [5.74, 6) is -1.44. The van der Waals surface area contributed by atoms with Crippen LogP contribution in [0.4, 0.5) is 0 Å². The van der Waals surface area contributed by atoms with Gasteiger partial charge in [-0.25, -0.2) is 0 Å². The van der Waals surface area contributed by atoms with Crippen LogP contribution in [-0.4, -0.2) is 75.2 Å². The predicted molar refractivity (Wildman–Crippen MR) is 131 cm³/mol. The van der Waals surface area contributed by atoms with Crippen molar-refractivity contribution in [1.29, 1.82) is 0 Å². The van der Waals surface area contributed by atoms with Crippen LogP contribution in [0.15, 0.2) is 47.5 Å². The largest absolute Gasteiger partial charge is 0.396 e. The van der Waals surface area contributed by atoms with Crippen molar-refractivity contribution in [2.75, 3.05) is 32.9 Å². The molecule has 2 fully saturated rings. The lowest BCUT2D eigenvalue weighted by Crippen LogP contribution is -2.49. The monoisotopic (exact) mass is 490 g/mol. The number of hydrogen-bond acceptors (Lipinski definition) is 6. The second-order valence-electron chi connectivity index (χ2n) is 9.98. The van der Waals surface area contributed by atoms with E-state index in [4.69, 9.17) is 4.74 Å². The van der Waals surface area contributed by atoms with Crippen LogP contribution in [0.5, 0.6) is 0 Å². The molecule has 0 radical (unpaired) electrons. The third-order valence-corrected chi connectivity index (χ3v) is 8.20. The first kappa shape index (κ1) is 23.1. The van der Waals surface area contributed by atoms with E-state index < -0.39 is 23.9 Å². The van der Waals surface area contributed by atoms with Gasteiger partial charge in [-0.2, -0.15) is 0 Å². The Kier molecular flexibility index (Phi) is 5.97. The van der Waals surface area contributed by atoms with Gasteiger partial charge in [0.15, 0.2) is 0 Å². The molecule has 2 saturated heterocycles. The number of aliphatic hydroxyl groups excluding tert-OH is 1. The summed E-state index contributed by atoms with van der Waals surface area (Å²) in [6.07, 6.45) is 8.16. The number of aromatic nitrogens is 2. The summed E-state index contributed by atoms with van der Waals surface area (Å²) >= 11 is 0. The highest BCUT2D eigenvalue weighted by atomic mass is 16.5. The quantitative estimate of drug-likeness (QED) is 0.696. The molecule has 6 rings (SSSR count). The van der Waals surface area contributed by atoms with Crippen molar-refractivity contribution < 1.29 is 19.4 Å². The summed E-state index contributed by atoms with van der Waals surface area (Å²) < 4.78 is 7.18. The first-order valence-corrected chi connectivity index (χ1v) is 12.7. The minimum atomic E-state index is -0.645. The van der Waals surface area contributed by atoms with E-state index in [1.165, 1.54) is 0 Å². The van der Waals surface area contributed by atoms with Crippen molar-refractivity contribution >= 4 is 17.4 Å². The first-order valence-electron chi connectivity index (χ1n) is 12.7. The molecule has 36 heavy (non-hydrogen) atoms. The molecular weight excluding hydrogens is 460 g/mol. The molecule has 188 valence electrons. The summed E-state index contributed by atoms with van der Waals surface area (Å²) in [5.41, 5.74) is 2.81. The molecule has 1 aliphatic carbocycles. The van der Waals surface area contributed by atoms with Gasteiger partial charge in [-0.1, -0.05) is 6.08 Å². The Hall–Kier alpha value is -3.30. The minimum absolute atomic E-state index is 0.0807. The molecule has 1 N–H and O–H groups in total. The fourth-order valence-corrected chi connectivity index (χ4v) is 6.46. The highest BCUT2D eigenvalue weighted by Crippen LogP contribution is 2.49. The zero-order valence-electron chi connectivity index (χ0n) is 20.1. The maximum Gasteiger partial charge on any atom is 0.258 e. The van der Waals surface area contributed by atoms with E-state index in [-0.39, 0.29) is 30.5 Å². The Morgan fingerprint density at radius 2 is 1.89 bits per heavy atom. The summed E-state index contributed by atoms with van der Waals surface area (Å²) in [4.78, 5) is 48.9. The van der Waals surface area contributed by atoms with Gasteiger partial charge >= 0.3 is 0 Å². The average Bonchev–Trinajstić information content (AvgIpc) is 3.53. The predicted octanol–water partition coefficient (Wildman–Crippen LogP) is 1.47. The van der Waals surface area contributed by atoms with Gasteiger partial charge < -0.3 is 24.2 Å². The number of pyridine rings is 2. The lowest BCUT2D eigenvalue weighted by molar-refractivity contribution is -0.142. The van der Waals surface area contributed by atoms with E-state index in [0.29, 0.717) is 43.1 Å². The number of fused-ring (bicyclic) bond motifs is 4. The van der Waals surface area contributed by atoms with E-state index >= 15 is 0 Å². The molecule has 4 atom stereocenters. The third kappa shape index (κ3) is 3.60. The highest BCUT2D eigenvalue weighted by Gasteiger charge is 2.58. The number of nitrogens with zero attached hydrogens (tertiary/aromatic N) is 4. The normalized spacial score (nSPS) is 27.1. The lowest BCUT2D eigenvalue weighted by Gasteiger charge is -2.39. The third-order valence-electron chi connectivity index (χ3n) is 8.20. The van der Waals surface area contributed by atoms with Gasteiger partial charge in [0.1, 0.15) is 0 Å². The van der Waals surface area contributed by atoms with Gasteiger partial charge in [0.25, 0.3) is 11.5 Å². The number of aliphatic hydroxyl groups is 1. The minimum Gasteiger partial charge on any atom is -0.396 e. The smallest absolute Gasteiger partial charge is 0.258 e. The molecule has 2 aromatic heterocycles. The van der Waals surface area contributed by atoms with E-state index in [9.17, 15) is 19.5 Å². The number of carbonyl (C=O) groups is 2. The van der Waals surface area contributed by atoms with Gasteiger partial charge in [-0.05, 0) is 49.1 Å². The molecule has 5 heterocycles. The zero-order chi connectivity index (χ0) is 24.8.